The van der Waals surface area contributed by atoms with Crippen LogP contribution in [-0.2, 0) is 5.75 Å². The molecule has 6 heteroatoms. The average Bonchev–Trinajstić information content (AvgIpc) is 3.28. The van der Waals surface area contributed by atoms with Crippen LogP contribution in [0.25, 0.3) is 0 Å². The molecule has 5 nitrogen and oxygen atoms in total. The molecule has 1 amide bonds. The van der Waals surface area contributed by atoms with Crippen LogP contribution >= 0.6 is 11.8 Å². The molecule has 1 aromatic heterocycles. The SMILES string of the molecule is Cc1noc(C)c1CSc1ccccc1C(=O)NCC(C)CN1CCCC1. The molecular weight excluding hydrogens is 358 g/mol. The van der Waals surface area contributed by atoms with Gasteiger partial charge in [0.05, 0.1) is 11.3 Å². The van der Waals surface area contributed by atoms with Crippen molar-refractivity contribution >= 4 is 17.7 Å². The Labute approximate surface area is 165 Å². The van der Waals surface area contributed by atoms with Gasteiger partial charge >= 0.3 is 0 Å². The normalized spacial score (nSPS) is 15.8. The molecule has 0 spiro atoms. The summed E-state index contributed by atoms with van der Waals surface area (Å²) >= 11 is 1.65. The van der Waals surface area contributed by atoms with Crippen molar-refractivity contribution in [3.05, 3.63) is 46.8 Å². The molecule has 1 fully saturated rings. The largest absolute Gasteiger partial charge is 0.361 e. The van der Waals surface area contributed by atoms with Crippen molar-refractivity contribution in [3.63, 3.8) is 0 Å². The molecule has 0 saturated carbocycles. The van der Waals surface area contributed by atoms with Crippen LogP contribution in [0.3, 0.4) is 0 Å². The van der Waals surface area contributed by atoms with Crippen LogP contribution in [0.4, 0.5) is 0 Å². The van der Waals surface area contributed by atoms with Crippen LogP contribution in [0.5, 0.6) is 0 Å². The van der Waals surface area contributed by atoms with Gasteiger partial charge in [-0.15, -0.1) is 11.8 Å². The molecule has 0 radical (unpaired) electrons. The number of aryl methyl sites for hydroxylation is 2. The van der Waals surface area contributed by atoms with E-state index in [-0.39, 0.29) is 5.91 Å². The average molecular weight is 388 g/mol. The zero-order chi connectivity index (χ0) is 19.2. The number of hydrogen-bond donors (Lipinski definition) is 1. The first-order valence-electron chi connectivity index (χ1n) is 9.68. The first kappa shape index (κ1) is 20.0. The van der Waals surface area contributed by atoms with Crippen LogP contribution < -0.4 is 5.32 Å². The van der Waals surface area contributed by atoms with Crippen molar-refractivity contribution in [3.8, 4) is 0 Å². The van der Waals surface area contributed by atoms with Gasteiger partial charge in [-0.2, -0.15) is 0 Å². The molecule has 0 aliphatic carbocycles. The summed E-state index contributed by atoms with van der Waals surface area (Å²) in [6.45, 7) is 10.2. The number of thioether (sulfide) groups is 1. The standard InChI is InChI=1S/C21H29N3O2S/c1-15(13-24-10-6-7-11-24)12-22-21(25)18-8-4-5-9-20(18)27-14-19-16(2)23-26-17(19)3/h4-5,8-9,15H,6-7,10-14H2,1-3H3,(H,22,25). The Kier molecular flexibility index (Phi) is 6.96. The summed E-state index contributed by atoms with van der Waals surface area (Å²) in [7, 11) is 0. The van der Waals surface area contributed by atoms with Gasteiger partial charge in [0, 0.05) is 29.3 Å². The second kappa shape index (κ2) is 9.42. The van der Waals surface area contributed by atoms with Crippen molar-refractivity contribution in [1.82, 2.24) is 15.4 Å². The fourth-order valence-corrected chi connectivity index (χ4v) is 4.67. The van der Waals surface area contributed by atoms with E-state index < -0.39 is 0 Å². The maximum atomic E-state index is 12.7. The third-order valence-corrected chi connectivity index (χ3v) is 6.16. The summed E-state index contributed by atoms with van der Waals surface area (Å²) in [4.78, 5) is 16.2. The fraction of sp³-hybridized carbons (Fsp3) is 0.524. The quantitative estimate of drug-likeness (QED) is 0.693. The van der Waals surface area contributed by atoms with Gasteiger partial charge < -0.3 is 14.7 Å². The Morgan fingerprint density at radius 1 is 1.30 bits per heavy atom. The Morgan fingerprint density at radius 2 is 2.04 bits per heavy atom. The zero-order valence-corrected chi connectivity index (χ0v) is 17.3. The highest BCUT2D eigenvalue weighted by Crippen LogP contribution is 2.28. The number of rotatable bonds is 8. The zero-order valence-electron chi connectivity index (χ0n) is 16.5. The van der Waals surface area contributed by atoms with E-state index >= 15 is 0 Å². The minimum Gasteiger partial charge on any atom is -0.361 e. The van der Waals surface area contributed by atoms with Crippen LogP contribution in [0.15, 0.2) is 33.7 Å². The Bertz CT molecular complexity index is 749. The molecule has 1 saturated heterocycles. The van der Waals surface area contributed by atoms with E-state index in [2.05, 4.69) is 22.3 Å². The highest BCUT2D eigenvalue weighted by molar-refractivity contribution is 7.98. The minimum atomic E-state index is 0.00475. The number of amides is 1. The van der Waals surface area contributed by atoms with Crippen molar-refractivity contribution in [2.45, 2.75) is 44.3 Å². The summed E-state index contributed by atoms with van der Waals surface area (Å²) in [6.07, 6.45) is 2.60. The van der Waals surface area contributed by atoms with E-state index in [1.807, 2.05) is 38.1 Å². The van der Waals surface area contributed by atoms with Crippen LogP contribution in [-0.4, -0.2) is 42.1 Å². The second-order valence-corrected chi connectivity index (χ2v) is 8.43. The van der Waals surface area contributed by atoms with E-state index in [9.17, 15) is 4.79 Å². The fourth-order valence-electron chi connectivity index (χ4n) is 3.47. The topological polar surface area (TPSA) is 58.4 Å². The number of nitrogens with one attached hydrogen (secondary N) is 1. The summed E-state index contributed by atoms with van der Waals surface area (Å²) in [5, 5.41) is 7.12. The smallest absolute Gasteiger partial charge is 0.252 e. The lowest BCUT2D eigenvalue weighted by Gasteiger charge is -2.20. The molecule has 146 valence electrons. The monoisotopic (exact) mass is 387 g/mol. The number of carbonyl (C=O) groups excluding carboxylic acids is 1. The van der Waals surface area contributed by atoms with Gasteiger partial charge in [-0.3, -0.25) is 4.79 Å². The predicted molar refractivity (Wildman–Crippen MR) is 109 cm³/mol. The maximum Gasteiger partial charge on any atom is 0.252 e. The molecule has 27 heavy (non-hydrogen) atoms. The van der Waals surface area contributed by atoms with Crippen molar-refractivity contribution < 1.29 is 9.32 Å². The van der Waals surface area contributed by atoms with Gasteiger partial charge in [-0.25, -0.2) is 0 Å². The van der Waals surface area contributed by atoms with E-state index in [0.717, 1.165) is 39.8 Å². The number of likely N-dealkylation sites (tertiary alicyclic amines) is 1. The van der Waals surface area contributed by atoms with E-state index in [1.165, 1.54) is 25.9 Å². The van der Waals surface area contributed by atoms with Crippen molar-refractivity contribution in [2.24, 2.45) is 5.92 Å². The summed E-state index contributed by atoms with van der Waals surface area (Å²) in [5.74, 6) is 2.05. The third-order valence-electron chi connectivity index (χ3n) is 5.06. The number of carbonyl (C=O) groups is 1. The maximum absolute atomic E-state index is 12.7. The van der Waals surface area contributed by atoms with Crippen molar-refractivity contribution in [1.29, 1.82) is 0 Å². The second-order valence-electron chi connectivity index (χ2n) is 7.41. The van der Waals surface area contributed by atoms with E-state index in [4.69, 9.17) is 4.52 Å². The molecule has 1 aliphatic heterocycles. The van der Waals surface area contributed by atoms with Gasteiger partial charge in [-0.05, 0) is 57.8 Å². The summed E-state index contributed by atoms with van der Waals surface area (Å²) in [5.41, 5.74) is 2.76. The minimum absolute atomic E-state index is 0.00475. The van der Waals surface area contributed by atoms with Gasteiger partial charge in [0.25, 0.3) is 5.91 Å². The third kappa shape index (κ3) is 5.36. The highest BCUT2D eigenvalue weighted by Gasteiger charge is 2.17. The molecule has 1 atom stereocenters. The molecule has 3 rings (SSSR count). The molecule has 1 aliphatic rings. The molecular formula is C21H29N3O2S. The Hall–Kier alpha value is -1.79. The number of nitrogens with zero attached hydrogens (tertiary/aromatic N) is 2. The van der Waals surface area contributed by atoms with Crippen LogP contribution in [0, 0.1) is 19.8 Å². The van der Waals surface area contributed by atoms with Gasteiger partial charge in [0.1, 0.15) is 5.76 Å². The van der Waals surface area contributed by atoms with Gasteiger partial charge in [0.15, 0.2) is 0 Å². The van der Waals surface area contributed by atoms with Gasteiger partial charge in [-0.1, -0.05) is 24.2 Å². The lowest BCUT2D eigenvalue weighted by Crippen LogP contribution is -2.34. The lowest BCUT2D eigenvalue weighted by atomic mass is 10.1. The van der Waals surface area contributed by atoms with Crippen LogP contribution in [0.1, 0.15) is 47.1 Å². The summed E-state index contributed by atoms with van der Waals surface area (Å²) < 4.78 is 5.23. The molecule has 1 N–H and O–H groups in total. The first-order valence-corrected chi connectivity index (χ1v) is 10.7. The molecule has 2 aromatic rings. The molecule has 1 unspecified atom stereocenters. The van der Waals surface area contributed by atoms with E-state index in [1.54, 1.807) is 11.8 Å². The highest BCUT2D eigenvalue weighted by atomic mass is 32.2. The number of aromatic nitrogens is 1. The van der Waals surface area contributed by atoms with Crippen LogP contribution in [0.2, 0.25) is 0 Å². The predicted octanol–water partition coefficient (Wildman–Crippen LogP) is 4.05. The van der Waals surface area contributed by atoms with Crippen molar-refractivity contribution in [2.75, 3.05) is 26.2 Å². The molecule has 1 aromatic carbocycles. The summed E-state index contributed by atoms with van der Waals surface area (Å²) in [6, 6.07) is 7.80. The number of benzene rings is 1. The van der Waals surface area contributed by atoms with E-state index in [0.29, 0.717) is 12.5 Å². The Morgan fingerprint density at radius 3 is 2.74 bits per heavy atom. The molecule has 0 bridgehead atoms. The molecule has 2 heterocycles. The number of hydrogen-bond acceptors (Lipinski definition) is 5. The lowest BCUT2D eigenvalue weighted by molar-refractivity contribution is 0.0942. The Balaban J connectivity index is 1.56. The van der Waals surface area contributed by atoms with Gasteiger partial charge in [0.2, 0.25) is 0 Å². The first-order chi connectivity index (χ1) is 13.0.